The monoisotopic (exact) mass is 229 g/mol. The van der Waals surface area contributed by atoms with Gasteiger partial charge in [0.15, 0.2) is 0 Å². The third kappa shape index (κ3) is 2.76. The molecule has 0 aliphatic carbocycles. The highest BCUT2D eigenvalue weighted by molar-refractivity contribution is 5.77. The van der Waals surface area contributed by atoms with Crippen LogP contribution in [0, 0.1) is 0 Å². The summed E-state index contributed by atoms with van der Waals surface area (Å²) in [6.45, 7) is -0.932. The number of nitrogens with one attached hydrogen (secondary N) is 1. The number of rotatable bonds is 3. The SMILES string of the molecule is FC(F)(F)CNCc1cc2ccccc2o1. The van der Waals surface area contributed by atoms with Gasteiger partial charge in [0.1, 0.15) is 11.3 Å². The molecule has 0 aliphatic heterocycles. The van der Waals surface area contributed by atoms with Crippen molar-refractivity contribution < 1.29 is 17.6 Å². The van der Waals surface area contributed by atoms with Gasteiger partial charge in [-0.3, -0.25) is 0 Å². The minimum Gasteiger partial charge on any atom is -0.460 e. The topological polar surface area (TPSA) is 25.2 Å². The molecule has 1 aromatic carbocycles. The second kappa shape index (κ2) is 4.17. The summed E-state index contributed by atoms with van der Waals surface area (Å²) in [5.74, 6) is 0.505. The molecule has 0 unspecified atom stereocenters. The van der Waals surface area contributed by atoms with Crippen LogP contribution in [-0.4, -0.2) is 12.7 Å². The Bertz CT molecular complexity index is 442. The van der Waals surface area contributed by atoms with Crippen molar-refractivity contribution >= 4 is 11.0 Å². The van der Waals surface area contributed by atoms with Crippen LogP contribution in [0.1, 0.15) is 5.76 Å². The number of furan rings is 1. The Morgan fingerprint density at radius 3 is 2.62 bits per heavy atom. The third-order valence-electron chi connectivity index (χ3n) is 2.10. The molecular weight excluding hydrogens is 219 g/mol. The van der Waals surface area contributed by atoms with E-state index in [-0.39, 0.29) is 6.54 Å². The van der Waals surface area contributed by atoms with Gasteiger partial charge in [0.2, 0.25) is 0 Å². The average Bonchev–Trinajstić information content (AvgIpc) is 2.57. The first-order valence-corrected chi connectivity index (χ1v) is 4.79. The molecule has 16 heavy (non-hydrogen) atoms. The van der Waals surface area contributed by atoms with E-state index in [4.69, 9.17) is 4.42 Å². The molecule has 2 aromatic rings. The van der Waals surface area contributed by atoms with Crippen molar-refractivity contribution in [1.82, 2.24) is 5.32 Å². The molecule has 0 spiro atoms. The van der Waals surface area contributed by atoms with Gasteiger partial charge in [-0.15, -0.1) is 0 Å². The Kier molecular flexibility index (Phi) is 2.87. The van der Waals surface area contributed by atoms with Crippen molar-refractivity contribution in [2.75, 3.05) is 6.54 Å². The second-order valence-corrected chi connectivity index (χ2v) is 3.47. The average molecular weight is 229 g/mol. The maximum atomic E-state index is 11.9. The summed E-state index contributed by atoms with van der Waals surface area (Å²) in [5, 5.41) is 3.18. The number of fused-ring (bicyclic) bond motifs is 1. The lowest BCUT2D eigenvalue weighted by molar-refractivity contribution is -0.125. The summed E-state index contributed by atoms with van der Waals surface area (Å²) in [6, 6.07) is 9.04. The summed E-state index contributed by atoms with van der Waals surface area (Å²) in [7, 11) is 0. The van der Waals surface area contributed by atoms with Crippen LogP contribution in [0.3, 0.4) is 0 Å². The molecule has 0 saturated heterocycles. The van der Waals surface area contributed by atoms with E-state index >= 15 is 0 Å². The van der Waals surface area contributed by atoms with Crippen LogP contribution in [0.2, 0.25) is 0 Å². The van der Waals surface area contributed by atoms with Gasteiger partial charge in [0, 0.05) is 5.39 Å². The van der Waals surface area contributed by atoms with Crippen molar-refractivity contribution in [2.45, 2.75) is 12.7 Å². The van der Waals surface area contributed by atoms with Gasteiger partial charge in [0.05, 0.1) is 13.1 Å². The van der Waals surface area contributed by atoms with Gasteiger partial charge in [0.25, 0.3) is 0 Å². The minimum atomic E-state index is -4.19. The Hall–Kier alpha value is -1.49. The fourth-order valence-corrected chi connectivity index (χ4v) is 1.45. The molecule has 0 aliphatic rings. The highest BCUT2D eigenvalue weighted by Gasteiger charge is 2.26. The normalized spacial score (nSPS) is 12.2. The van der Waals surface area contributed by atoms with Crippen LogP contribution in [0.15, 0.2) is 34.7 Å². The van der Waals surface area contributed by atoms with Gasteiger partial charge < -0.3 is 9.73 Å². The summed E-state index contributed by atoms with van der Waals surface area (Å²) >= 11 is 0. The molecule has 2 nitrogen and oxygen atoms in total. The van der Waals surface area contributed by atoms with Crippen LogP contribution in [0.25, 0.3) is 11.0 Å². The number of para-hydroxylation sites is 1. The number of alkyl halides is 3. The van der Waals surface area contributed by atoms with E-state index in [1.165, 1.54) is 0 Å². The fourth-order valence-electron chi connectivity index (χ4n) is 1.45. The molecule has 5 heteroatoms. The molecular formula is C11H10F3NO. The molecule has 1 aromatic heterocycles. The summed E-state index contributed by atoms with van der Waals surface area (Å²) in [4.78, 5) is 0. The number of benzene rings is 1. The molecule has 86 valence electrons. The lowest BCUT2D eigenvalue weighted by atomic mass is 10.2. The highest BCUT2D eigenvalue weighted by atomic mass is 19.4. The van der Waals surface area contributed by atoms with Gasteiger partial charge in [-0.05, 0) is 12.1 Å². The second-order valence-electron chi connectivity index (χ2n) is 3.47. The number of hydrogen-bond donors (Lipinski definition) is 1. The quantitative estimate of drug-likeness (QED) is 0.874. The van der Waals surface area contributed by atoms with Gasteiger partial charge >= 0.3 is 6.18 Å². The molecule has 0 saturated carbocycles. The molecule has 2 rings (SSSR count). The Balaban J connectivity index is 2.00. The van der Waals surface area contributed by atoms with E-state index in [0.29, 0.717) is 11.3 Å². The third-order valence-corrected chi connectivity index (χ3v) is 2.10. The molecule has 1 heterocycles. The Morgan fingerprint density at radius 1 is 1.19 bits per heavy atom. The van der Waals surface area contributed by atoms with Crippen molar-refractivity contribution in [3.8, 4) is 0 Å². The van der Waals surface area contributed by atoms with E-state index in [1.807, 2.05) is 18.2 Å². The Labute approximate surface area is 90.0 Å². The predicted octanol–water partition coefficient (Wildman–Crippen LogP) is 3.08. The first kappa shape index (κ1) is 11.0. The van der Waals surface area contributed by atoms with Crippen LogP contribution in [0.5, 0.6) is 0 Å². The van der Waals surface area contributed by atoms with E-state index < -0.39 is 12.7 Å². The summed E-state index contributed by atoms with van der Waals surface area (Å²) < 4.78 is 41.0. The van der Waals surface area contributed by atoms with Gasteiger partial charge in [-0.25, -0.2) is 0 Å². The van der Waals surface area contributed by atoms with E-state index in [2.05, 4.69) is 5.32 Å². The van der Waals surface area contributed by atoms with Crippen molar-refractivity contribution in [3.63, 3.8) is 0 Å². The molecule has 0 bridgehead atoms. The molecule has 0 radical (unpaired) electrons. The molecule has 0 fully saturated rings. The van der Waals surface area contributed by atoms with Crippen LogP contribution in [0.4, 0.5) is 13.2 Å². The zero-order chi connectivity index (χ0) is 11.6. The van der Waals surface area contributed by atoms with E-state index in [9.17, 15) is 13.2 Å². The zero-order valence-electron chi connectivity index (χ0n) is 8.34. The minimum absolute atomic E-state index is 0.0776. The highest BCUT2D eigenvalue weighted by Crippen LogP contribution is 2.19. The fraction of sp³-hybridized carbons (Fsp3) is 0.273. The van der Waals surface area contributed by atoms with Crippen molar-refractivity contribution in [1.29, 1.82) is 0 Å². The largest absolute Gasteiger partial charge is 0.460 e. The lowest BCUT2D eigenvalue weighted by Crippen LogP contribution is -2.28. The first-order chi connectivity index (χ1) is 7.54. The lowest BCUT2D eigenvalue weighted by Gasteiger charge is -2.05. The van der Waals surface area contributed by atoms with Crippen LogP contribution in [-0.2, 0) is 6.54 Å². The number of halogens is 3. The van der Waals surface area contributed by atoms with Crippen molar-refractivity contribution in [2.24, 2.45) is 0 Å². The molecule has 1 N–H and O–H groups in total. The Morgan fingerprint density at radius 2 is 1.94 bits per heavy atom. The standard InChI is InChI=1S/C11H10F3NO/c12-11(13,14)7-15-6-9-5-8-3-1-2-4-10(8)16-9/h1-5,15H,6-7H2. The maximum absolute atomic E-state index is 11.9. The van der Waals surface area contributed by atoms with Crippen LogP contribution < -0.4 is 5.32 Å². The van der Waals surface area contributed by atoms with Gasteiger partial charge in [-0.1, -0.05) is 18.2 Å². The first-order valence-electron chi connectivity index (χ1n) is 4.79. The molecule has 0 atom stereocenters. The number of hydrogen-bond acceptors (Lipinski definition) is 2. The smallest absolute Gasteiger partial charge is 0.401 e. The summed E-state index contributed by atoms with van der Waals surface area (Å²) in [6.07, 6.45) is -4.19. The van der Waals surface area contributed by atoms with E-state index in [1.54, 1.807) is 12.1 Å². The summed E-state index contributed by atoms with van der Waals surface area (Å²) in [5.41, 5.74) is 0.686. The van der Waals surface area contributed by atoms with Crippen molar-refractivity contribution in [3.05, 3.63) is 36.1 Å². The maximum Gasteiger partial charge on any atom is 0.401 e. The predicted molar refractivity (Wildman–Crippen MR) is 54.0 cm³/mol. The zero-order valence-corrected chi connectivity index (χ0v) is 8.34. The molecule has 0 amide bonds. The van der Waals surface area contributed by atoms with Gasteiger partial charge in [-0.2, -0.15) is 13.2 Å². The van der Waals surface area contributed by atoms with Crippen LogP contribution >= 0.6 is 0 Å². The van der Waals surface area contributed by atoms with E-state index in [0.717, 1.165) is 5.39 Å².